The molecule has 1 unspecified atom stereocenters. The zero-order chi connectivity index (χ0) is 16.2. The van der Waals surface area contributed by atoms with E-state index in [0.29, 0.717) is 13.2 Å². The van der Waals surface area contributed by atoms with Crippen molar-refractivity contribution in [2.75, 3.05) is 18.1 Å². The van der Waals surface area contributed by atoms with Gasteiger partial charge in [0.15, 0.2) is 0 Å². The second-order valence-electron chi connectivity index (χ2n) is 5.55. The maximum Gasteiger partial charge on any atom is 0.414 e. The van der Waals surface area contributed by atoms with Crippen LogP contribution in [-0.4, -0.2) is 25.3 Å². The Morgan fingerprint density at radius 1 is 1.22 bits per heavy atom. The van der Waals surface area contributed by atoms with E-state index in [1.165, 1.54) is 0 Å². The first-order valence-electron chi connectivity index (χ1n) is 7.55. The van der Waals surface area contributed by atoms with Crippen molar-refractivity contribution in [3.05, 3.63) is 66.7 Å². The number of anilines is 1. The molecule has 3 rings (SSSR count). The highest BCUT2D eigenvalue weighted by atomic mass is 16.6. The number of carbonyl (C=O) groups is 1. The molecule has 0 radical (unpaired) electrons. The summed E-state index contributed by atoms with van der Waals surface area (Å²) < 4.78 is 11.0. The van der Waals surface area contributed by atoms with Crippen LogP contribution in [0.4, 0.5) is 10.5 Å². The Morgan fingerprint density at radius 2 is 1.91 bits per heavy atom. The fourth-order valence-electron chi connectivity index (χ4n) is 2.52. The van der Waals surface area contributed by atoms with E-state index in [0.717, 1.165) is 22.6 Å². The fourth-order valence-corrected chi connectivity index (χ4v) is 2.52. The average Bonchev–Trinajstić information content (AvgIpc) is 2.95. The Labute approximate surface area is 135 Å². The number of amides is 1. The van der Waals surface area contributed by atoms with Gasteiger partial charge in [-0.3, -0.25) is 4.90 Å². The molecule has 4 heteroatoms. The Bertz CT molecular complexity index is 694. The molecule has 118 valence electrons. The molecule has 1 amide bonds. The molecule has 0 aromatic heterocycles. The number of nitrogens with zero attached hydrogens (tertiary/aromatic N) is 1. The van der Waals surface area contributed by atoms with E-state index in [1.807, 2.05) is 61.5 Å². The SMILES string of the molecule is C=C(C)c1ccc(OCC2COC(=O)N2c2ccccc2)cc1. The third kappa shape index (κ3) is 3.37. The van der Waals surface area contributed by atoms with Crippen LogP contribution in [0.1, 0.15) is 12.5 Å². The van der Waals surface area contributed by atoms with Crippen LogP contribution in [0.2, 0.25) is 0 Å². The van der Waals surface area contributed by atoms with E-state index in [1.54, 1.807) is 4.90 Å². The first-order chi connectivity index (χ1) is 11.1. The number of cyclic esters (lactones) is 1. The van der Waals surface area contributed by atoms with Crippen molar-refractivity contribution in [3.63, 3.8) is 0 Å². The molecule has 1 aliphatic heterocycles. The molecule has 2 aromatic rings. The molecule has 1 saturated heterocycles. The number of rotatable bonds is 5. The number of carbonyl (C=O) groups excluding carboxylic acids is 1. The molecular formula is C19H19NO3. The number of benzene rings is 2. The summed E-state index contributed by atoms with van der Waals surface area (Å²) in [5, 5.41) is 0. The summed E-state index contributed by atoms with van der Waals surface area (Å²) >= 11 is 0. The zero-order valence-electron chi connectivity index (χ0n) is 13.1. The third-order valence-corrected chi connectivity index (χ3v) is 3.78. The Kier molecular flexibility index (Phi) is 4.33. The first-order valence-corrected chi connectivity index (χ1v) is 7.55. The zero-order valence-corrected chi connectivity index (χ0v) is 13.1. The molecule has 0 N–H and O–H groups in total. The van der Waals surface area contributed by atoms with Gasteiger partial charge in [-0.25, -0.2) is 4.79 Å². The van der Waals surface area contributed by atoms with Crippen LogP contribution in [0.3, 0.4) is 0 Å². The van der Waals surface area contributed by atoms with Crippen LogP contribution in [-0.2, 0) is 4.74 Å². The van der Waals surface area contributed by atoms with E-state index in [9.17, 15) is 4.79 Å². The van der Waals surface area contributed by atoms with Crippen LogP contribution in [0.5, 0.6) is 5.75 Å². The highest BCUT2D eigenvalue weighted by Gasteiger charge is 2.34. The average molecular weight is 309 g/mol. The predicted molar refractivity (Wildman–Crippen MR) is 90.7 cm³/mol. The summed E-state index contributed by atoms with van der Waals surface area (Å²) in [6.07, 6.45) is -0.331. The Balaban J connectivity index is 1.67. The minimum Gasteiger partial charge on any atom is -0.491 e. The van der Waals surface area contributed by atoms with Crippen molar-refractivity contribution in [1.29, 1.82) is 0 Å². The lowest BCUT2D eigenvalue weighted by molar-refractivity contribution is 0.175. The van der Waals surface area contributed by atoms with Crippen LogP contribution in [0.25, 0.3) is 5.57 Å². The van der Waals surface area contributed by atoms with Gasteiger partial charge in [0.2, 0.25) is 0 Å². The third-order valence-electron chi connectivity index (χ3n) is 3.78. The van der Waals surface area contributed by atoms with Crippen LogP contribution in [0, 0.1) is 0 Å². The monoisotopic (exact) mass is 309 g/mol. The fraction of sp³-hybridized carbons (Fsp3) is 0.211. The smallest absolute Gasteiger partial charge is 0.414 e. The summed E-state index contributed by atoms with van der Waals surface area (Å²) in [7, 11) is 0. The molecule has 1 aliphatic rings. The standard InChI is InChI=1S/C19H19NO3/c1-14(2)15-8-10-18(11-9-15)22-12-17-13-23-19(21)20(17)16-6-4-3-5-7-16/h3-11,17H,1,12-13H2,2H3. The molecule has 1 atom stereocenters. The molecule has 1 fully saturated rings. The maximum atomic E-state index is 12.0. The Hall–Kier alpha value is -2.75. The molecule has 0 spiro atoms. The molecule has 0 bridgehead atoms. The lowest BCUT2D eigenvalue weighted by atomic mass is 10.1. The van der Waals surface area contributed by atoms with E-state index >= 15 is 0 Å². The largest absolute Gasteiger partial charge is 0.491 e. The van der Waals surface area contributed by atoms with E-state index < -0.39 is 0 Å². The lowest BCUT2D eigenvalue weighted by Crippen LogP contribution is -2.37. The minimum atomic E-state index is -0.331. The molecule has 0 aliphatic carbocycles. The molecule has 4 nitrogen and oxygen atoms in total. The summed E-state index contributed by atoms with van der Waals surface area (Å²) in [5.74, 6) is 0.766. The highest BCUT2D eigenvalue weighted by molar-refractivity contribution is 5.90. The molecule has 2 aromatic carbocycles. The number of hydrogen-bond donors (Lipinski definition) is 0. The van der Waals surface area contributed by atoms with Gasteiger partial charge in [0.05, 0.1) is 0 Å². The van der Waals surface area contributed by atoms with Crippen LogP contribution in [0.15, 0.2) is 61.2 Å². The topological polar surface area (TPSA) is 38.8 Å². The van der Waals surface area contributed by atoms with Crippen LogP contribution < -0.4 is 9.64 Å². The summed E-state index contributed by atoms with van der Waals surface area (Å²) in [6, 6.07) is 17.1. The number of para-hydroxylation sites is 1. The number of allylic oxidation sites excluding steroid dienone is 1. The van der Waals surface area contributed by atoms with Crippen molar-refractivity contribution in [1.82, 2.24) is 0 Å². The van der Waals surface area contributed by atoms with Gasteiger partial charge in [-0.1, -0.05) is 42.5 Å². The van der Waals surface area contributed by atoms with Gasteiger partial charge in [-0.05, 0) is 36.8 Å². The van der Waals surface area contributed by atoms with Gasteiger partial charge in [0.1, 0.15) is 25.0 Å². The quantitative estimate of drug-likeness (QED) is 0.834. The van der Waals surface area contributed by atoms with Gasteiger partial charge >= 0.3 is 6.09 Å². The molecule has 1 heterocycles. The predicted octanol–water partition coefficient (Wildman–Crippen LogP) is 4.12. The van der Waals surface area contributed by atoms with E-state index in [-0.39, 0.29) is 12.1 Å². The van der Waals surface area contributed by atoms with E-state index in [2.05, 4.69) is 6.58 Å². The van der Waals surface area contributed by atoms with Gasteiger partial charge in [-0.2, -0.15) is 0 Å². The van der Waals surface area contributed by atoms with Gasteiger partial charge < -0.3 is 9.47 Å². The molecular weight excluding hydrogens is 290 g/mol. The Morgan fingerprint density at radius 3 is 2.57 bits per heavy atom. The van der Waals surface area contributed by atoms with Crippen molar-refractivity contribution >= 4 is 17.4 Å². The maximum absolute atomic E-state index is 12.0. The second-order valence-corrected chi connectivity index (χ2v) is 5.55. The summed E-state index contributed by atoms with van der Waals surface area (Å²) in [5.41, 5.74) is 2.92. The first kappa shape index (κ1) is 15.2. The van der Waals surface area contributed by atoms with Gasteiger partial charge in [0.25, 0.3) is 0 Å². The number of hydrogen-bond acceptors (Lipinski definition) is 3. The van der Waals surface area contributed by atoms with E-state index in [4.69, 9.17) is 9.47 Å². The van der Waals surface area contributed by atoms with Gasteiger partial charge in [0, 0.05) is 5.69 Å². The highest BCUT2D eigenvalue weighted by Crippen LogP contribution is 2.24. The second kappa shape index (κ2) is 6.57. The molecule has 0 saturated carbocycles. The molecule has 23 heavy (non-hydrogen) atoms. The van der Waals surface area contributed by atoms with Gasteiger partial charge in [-0.15, -0.1) is 0 Å². The summed E-state index contributed by atoms with van der Waals surface area (Å²) in [6.45, 7) is 6.59. The van der Waals surface area contributed by atoms with Crippen molar-refractivity contribution in [2.24, 2.45) is 0 Å². The van der Waals surface area contributed by atoms with Crippen LogP contribution >= 0.6 is 0 Å². The van der Waals surface area contributed by atoms with Crippen molar-refractivity contribution < 1.29 is 14.3 Å². The van der Waals surface area contributed by atoms with Crippen molar-refractivity contribution in [2.45, 2.75) is 13.0 Å². The lowest BCUT2D eigenvalue weighted by Gasteiger charge is -2.21. The normalized spacial score (nSPS) is 17.0. The van der Waals surface area contributed by atoms with Crippen molar-refractivity contribution in [3.8, 4) is 5.75 Å². The number of ether oxygens (including phenoxy) is 2. The summed E-state index contributed by atoms with van der Waals surface area (Å²) in [4.78, 5) is 13.6. The minimum absolute atomic E-state index is 0.134.